The van der Waals surface area contributed by atoms with Crippen LogP contribution in [0.3, 0.4) is 0 Å². The third kappa shape index (κ3) is 2.29. The van der Waals surface area contributed by atoms with Gasteiger partial charge in [0, 0.05) is 18.4 Å². The molecule has 0 saturated carbocycles. The molecule has 2 N–H and O–H groups in total. The Labute approximate surface area is 99.8 Å². The van der Waals surface area contributed by atoms with E-state index in [0.29, 0.717) is 6.42 Å². The van der Waals surface area contributed by atoms with Crippen LogP contribution in [0.25, 0.3) is 0 Å². The van der Waals surface area contributed by atoms with Crippen LogP contribution in [0.5, 0.6) is 0 Å². The predicted molar refractivity (Wildman–Crippen MR) is 66.1 cm³/mol. The summed E-state index contributed by atoms with van der Waals surface area (Å²) in [5.74, 6) is -0.0103. The number of fused-ring (bicyclic) bond motifs is 1. The van der Waals surface area contributed by atoms with Gasteiger partial charge in [0.2, 0.25) is 11.8 Å². The Bertz CT molecular complexity index is 471. The van der Waals surface area contributed by atoms with Crippen LogP contribution in [0.15, 0.2) is 18.2 Å². The zero-order valence-electron chi connectivity index (χ0n) is 9.91. The van der Waals surface area contributed by atoms with E-state index < -0.39 is 0 Å². The van der Waals surface area contributed by atoms with Crippen molar-refractivity contribution < 1.29 is 9.59 Å². The summed E-state index contributed by atoms with van der Waals surface area (Å²) < 4.78 is 0. The molecule has 0 spiro atoms. The summed E-state index contributed by atoms with van der Waals surface area (Å²) in [7, 11) is 3.48. The smallest absolute Gasteiger partial charge is 0.238 e. The standard InChI is InChI=1S/C12H15N3O2/c1-13-7-11(16)14-9-3-4-10-8(5-9)6-12(17)15(10)2/h3-5,13H,6-7H2,1-2H3,(H,14,16). The first-order valence-electron chi connectivity index (χ1n) is 5.45. The van der Waals surface area contributed by atoms with Crippen molar-refractivity contribution in [1.29, 1.82) is 0 Å². The van der Waals surface area contributed by atoms with Gasteiger partial charge in [-0.3, -0.25) is 9.59 Å². The fourth-order valence-corrected chi connectivity index (χ4v) is 1.91. The van der Waals surface area contributed by atoms with Crippen LogP contribution in [0.4, 0.5) is 11.4 Å². The molecule has 0 aromatic heterocycles. The number of hydrogen-bond donors (Lipinski definition) is 2. The largest absolute Gasteiger partial charge is 0.325 e. The number of benzene rings is 1. The van der Waals surface area contributed by atoms with E-state index in [0.717, 1.165) is 16.9 Å². The number of nitrogens with one attached hydrogen (secondary N) is 2. The van der Waals surface area contributed by atoms with E-state index >= 15 is 0 Å². The van der Waals surface area contributed by atoms with E-state index in [-0.39, 0.29) is 18.4 Å². The highest BCUT2D eigenvalue weighted by molar-refractivity contribution is 6.02. The zero-order valence-corrected chi connectivity index (χ0v) is 9.91. The lowest BCUT2D eigenvalue weighted by Gasteiger charge is -2.11. The topological polar surface area (TPSA) is 61.4 Å². The van der Waals surface area contributed by atoms with E-state index in [2.05, 4.69) is 10.6 Å². The molecule has 0 unspecified atom stereocenters. The molecule has 2 rings (SSSR count). The highest BCUT2D eigenvalue weighted by atomic mass is 16.2. The Morgan fingerprint density at radius 1 is 1.47 bits per heavy atom. The lowest BCUT2D eigenvalue weighted by Crippen LogP contribution is -2.25. The van der Waals surface area contributed by atoms with Gasteiger partial charge in [-0.2, -0.15) is 0 Å². The van der Waals surface area contributed by atoms with Crippen LogP contribution in [0.1, 0.15) is 5.56 Å². The molecule has 5 nitrogen and oxygen atoms in total. The van der Waals surface area contributed by atoms with Crippen LogP contribution in [-0.2, 0) is 16.0 Å². The Kier molecular flexibility index (Phi) is 3.10. The first kappa shape index (κ1) is 11.6. The highest BCUT2D eigenvalue weighted by Gasteiger charge is 2.23. The molecule has 90 valence electrons. The fraction of sp³-hybridized carbons (Fsp3) is 0.333. The van der Waals surface area contributed by atoms with Gasteiger partial charge in [-0.1, -0.05) is 0 Å². The molecular weight excluding hydrogens is 218 g/mol. The number of amides is 2. The minimum absolute atomic E-state index is 0.0821. The molecule has 0 aliphatic carbocycles. The maximum absolute atomic E-state index is 11.5. The van der Waals surface area contributed by atoms with Gasteiger partial charge in [-0.05, 0) is 30.8 Å². The van der Waals surface area contributed by atoms with Crippen molar-refractivity contribution in [2.75, 3.05) is 30.9 Å². The molecule has 1 aromatic carbocycles. The number of carbonyl (C=O) groups excluding carboxylic acids is 2. The van der Waals surface area contributed by atoms with Crippen LogP contribution < -0.4 is 15.5 Å². The summed E-state index contributed by atoms with van der Waals surface area (Å²) in [4.78, 5) is 24.5. The molecule has 1 aliphatic rings. The molecule has 2 amide bonds. The van der Waals surface area contributed by atoms with Crippen molar-refractivity contribution in [2.45, 2.75) is 6.42 Å². The number of anilines is 2. The second-order valence-corrected chi connectivity index (χ2v) is 4.05. The van der Waals surface area contributed by atoms with Crippen LogP contribution >= 0.6 is 0 Å². The molecule has 0 radical (unpaired) electrons. The van der Waals surface area contributed by atoms with Crippen LogP contribution in [0.2, 0.25) is 0 Å². The van der Waals surface area contributed by atoms with E-state index in [9.17, 15) is 9.59 Å². The van der Waals surface area contributed by atoms with Gasteiger partial charge in [-0.15, -0.1) is 0 Å². The second-order valence-electron chi connectivity index (χ2n) is 4.05. The Balaban J connectivity index is 2.16. The van der Waals surface area contributed by atoms with Gasteiger partial charge < -0.3 is 15.5 Å². The van der Waals surface area contributed by atoms with Gasteiger partial charge in [-0.25, -0.2) is 0 Å². The molecule has 0 bridgehead atoms. The predicted octanol–water partition coefficient (Wildman–Crippen LogP) is 0.363. The molecular formula is C12H15N3O2. The number of nitrogens with zero attached hydrogens (tertiary/aromatic N) is 1. The van der Waals surface area contributed by atoms with Crippen LogP contribution in [-0.4, -0.2) is 32.5 Å². The van der Waals surface area contributed by atoms with Crippen molar-refractivity contribution in [3.8, 4) is 0 Å². The van der Waals surface area contributed by atoms with Gasteiger partial charge in [0.05, 0.1) is 13.0 Å². The minimum Gasteiger partial charge on any atom is -0.325 e. The monoisotopic (exact) mass is 233 g/mol. The molecule has 0 atom stereocenters. The second kappa shape index (κ2) is 4.55. The van der Waals surface area contributed by atoms with Crippen molar-refractivity contribution in [2.24, 2.45) is 0 Å². The number of carbonyl (C=O) groups is 2. The summed E-state index contributed by atoms with van der Waals surface area (Å²) in [6.45, 7) is 0.274. The zero-order chi connectivity index (χ0) is 12.4. The maximum Gasteiger partial charge on any atom is 0.238 e. The average Bonchev–Trinajstić information content (AvgIpc) is 2.55. The van der Waals surface area contributed by atoms with E-state index in [4.69, 9.17) is 0 Å². The average molecular weight is 233 g/mol. The van der Waals surface area contributed by atoms with E-state index in [1.54, 1.807) is 19.0 Å². The summed E-state index contributed by atoms with van der Waals surface area (Å²) in [5, 5.41) is 5.55. The molecule has 0 saturated heterocycles. The summed E-state index contributed by atoms with van der Waals surface area (Å²) >= 11 is 0. The van der Waals surface area contributed by atoms with Gasteiger partial charge in [0.15, 0.2) is 0 Å². The number of likely N-dealkylation sites (N-methyl/N-ethyl adjacent to an activating group) is 2. The lowest BCUT2D eigenvalue weighted by atomic mass is 10.1. The Hall–Kier alpha value is -1.88. The fourth-order valence-electron chi connectivity index (χ4n) is 1.91. The summed E-state index contributed by atoms with van der Waals surface area (Å²) in [6.07, 6.45) is 0.404. The molecule has 1 aliphatic heterocycles. The SMILES string of the molecule is CNCC(=O)Nc1ccc2c(c1)CC(=O)N2C. The lowest BCUT2D eigenvalue weighted by molar-refractivity contribution is -0.117. The Morgan fingerprint density at radius 2 is 2.24 bits per heavy atom. The molecule has 1 heterocycles. The third-order valence-electron chi connectivity index (χ3n) is 2.78. The van der Waals surface area contributed by atoms with E-state index in [1.165, 1.54) is 0 Å². The third-order valence-corrected chi connectivity index (χ3v) is 2.78. The van der Waals surface area contributed by atoms with Gasteiger partial charge >= 0.3 is 0 Å². The summed E-state index contributed by atoms with van der Waals surface area (Å²) in [6, 6.07) is 5.51. The van der Waals surface area contributed by atoms with Crippen LogP contribution in [0, 0.1) is 0 Å². The molecule has 5 heteroatoms. The van der Waals surface area contributed by atoms with Crippen molar-refractivity contribution in [1.82, 2.24) is 5.32 Å². The number of hydrogen-bond acceptors (Lipinski definition) is 3. The molecule has 1 aromatic rings. The summed E-state index contributed by atoms with van der Waals surface area (Å²) in [5.41, 5.74) is 2.61. The maximum atomic E-state index is 11.5. The quantitative estimate of drug-likeness (QED) is 0.792. The van der Waals surface area contributed by atoms with Crippen molar-refractivity contribution in [3.05, 3.63) is 23.8 Å². The van der Waals surface area contributed by atoms with Crippen molar-refractivity contribution >= 4 is 23.2 Å². The van der Waals surface area contributed by atoms with Crippen molar-refractivity contribution in [3.63, 3.8) is 0 Å². The normalized spacial score (nSPS) is 13.8. The minimum atomic E-state index is -0.0925. The Morgan fingerprint density at radius 3 is 2.94 bits per heavy atom. The van der Waals surface area contributed by atoms with Gasteiger partial charge in [0.25, 0.3) is 0 Å². The first-order valence-corrected chi connectivity index (χ1v) is 5.45. The van der Waals surface area contributed by atoms with Gasteiger partial charge in [0.1, 0.15) is 0 Å². The first-order chi connectivity index (χ1) is 8.11. The van der Waals surface area contributed by atoms with E-state index in [1.807, 2.05) is 18.2 Å². The molecule has 17 heavy (non-hydrogen) atoms. The highest BCUT2D eigenvalue weighted by Crippen LogP contribution is 2.29. The molecule has 0 fully saturated rings. The number of rotatable bonds is 3.